The van der Waals surface area contributed by atoms with E-state index in [0.29, 0.717) is 13.2 Å². The Morgan fingerprint density at radius 2 is 1.76 bits per heavy atom. The van der Waals surface area contributed by atoms with E-state index >= 15 is 0 Å². The van der Waals surface area contributed by atoms with Gasteiger partial charge >= 0.3 is 0 Å². The van der Waals surface area contributed by atoms with Crippen molar-refractivity contribution in [2.45, 2.75) is 6.92 Å². The fourth-order valence-corrected chi connectivity index (χ4v) is 1.63. The highest BCUT2D eigenvalue weighted by molar-refractivity contribution is 5.98. The summed E-state index contributed by atoms with van der Waals surface area (Å²) in [6, 6.07) is 6.07. The Kier molecular flexibility index (Phi) is 5.94. The first-order chi connectivity index (χ1) is 8.19. The van der Waals surface area contributed by atoms with Crippen LogP contribution in [-0.4, -0.2) is 42.4 Å². The molecule has 0 aliphatic heterocycles. The van der Waals surface area contributed by atoms with Crippen LogP contribution in [0.1, 0.15) is 5.56 Å². The van der Waals surface area contributed by atoms with Crippen molar-refractivity contribution in [2.24, 2.45) is 0 Å². The van der Waals surface area contributed by atoms with Crippen LogP contribution in [0.2, 0.25) is 0 Å². The fourth-order valence-electron chi connectivity index (χ4n) is 1.63. The SMILES string of the molecule is BOCCN(CCOB)c1ccc(N)c(C)c1. The van der Waals surface area contributed by atoms with Gasteiger partial charge in [0.15, 0.2) is 0 Å². The average molecular weight is 234 g/mol. The molecule has 1 aromatic carbocycles. The molecule has 0 aliphatic rings. The number of anilines is 2. The first kappa shape index (κ1) is 13.9. The average Bonchev–Trinajstić information content (AvgIpc) is 2.33. The molecule has 0 spiro atoms. The first-order valence-corrected chi connectivity index (χ1v) is 5.78. The van der Waals surface area contributed by atoms with Crippen molar-refractivity contribution in [1.82, 2.24) is 0 Å². The number of aryl methyl sites for hydroxylation is 1. The Morgan fingerprint density at radius 3 is 2.24 bits per heavy atom. The molecule has 1 rings (SSSR count). The molecular formula is C11H20B2N2O2. The molecule has 0 atom stereocenters. The highest BCUT2D eigenvalue weighted by atomic mass is 16.4. The standard InChI is InChI=1S/C11H20B2N2O2/c1-9-8-10(2-3-11(9)14)15(4-6-16-12)5-7-17-13/h2-3,8H,4-7,12-14H2,1H3. The summed E-state index contributed by atoms with van der Waals surface area (Å²) in [5, 5.41) is 0. The second-order valence-corrected chi connectivity index (χ2v) is 4.01. The van der Waals surface area contributed by atoms with Gasteiger partial charge in [0.2, 0.25) is 0 Å². The summed E-state index contributed by atoms with van der Waals surface area (Å²) >= 11 is 0. The first-order valence-electron chi connectivity index (χ1n) is 5.78. The van der Waals surface area contributed by atoms with Gasteiger partial charge in [-0.3, -0.25) is 0 Å². The summed E-state index contributed by atoms with van der Waals surface area (Å²) in [5.41, 5.74) is 8.90. The van der Waals surface area contributed by atoms with Crippen molar-refractivity contribution >= 4 is 27.5 Å². The van der Waals surface area contributed by atoms with Crippen LogP contribution in [0.3, 0.4) is 0 Å². The third-order valence-electron chi connectivity index (χ3n) is 2.75. The van der Waals surface area contributed by atoms with Gasteiger partial charge in [0.1, 0.15) is 0 Å². The van der Waals surface area contributed by atoms with E-state index in [1.54, 1.807) is 16.1 Å². The van der Waals surface area contributed by atoms with Gasteiger partial charge in [0.25, 0.3) is 16.1 Å². The predicted molar refractivity (Wildman–Crippen MR) is 76.8 cm³/mol. The Morgan fingerprint density at radius 1 is 1.18 bits per heavy atom. The normalized spacial score (nSPS) is 10.4. The van der Waals surface area contributed by atoms with E-state index in [1.807, 2.05) is 19.1 Å². The van der Waals surface area contributed by atoms with Crippen molar-refractivity contribution in [3.8, 4) is 0 Å². The molecule has 0 fully saturated rings. The smallest absolute Gasteiger partial charge is 0.257 e. The maximum absolute atomic E-state index is 5.82. The second-order valence-electron chi connectivity index (χ2n) is 4.01. The molecule has 0 amide bonds. The lowest BCUT2D eigenvalue weighted by atomic mass is 10.1. The molecule has 6 heteroatoms. The van der Waals surface area contributed by atoms with Gasteiger partial charge in [-0.15, -0.1) is 0 Å². The molecule has 0 aliphatic carbocycles. The van der Waals surface area contributed by atoms with Crippen LogP contribution in [0.15, 0.2) is 18.2 Å². The molecule has 0 heterocycles. The summed E-state index contributed by atoms with van der Waals surface area (Å²) < 4.78 is 10.2. The number of nitrogen functional groups attached to an aromatic ring is 1. The Hall–Kier alpha value is -1.13. The zero-order chi connectivity index (χ0) is 12.7. The minimum absolute atomic E-state index is 0.702. The van der Waals surface area contributed by atoms with Crippen LogP contribution >= 0.6 is 0 Å². The Labute approximate surface area is 105 Å². The van der Waals surface area contributed by atoms with Gasteiger partial charge in [-0.2, -0.15) is 0 Å². The fraction of sp³-hybridized carbons (Fsp3) is 0.455. The van der Waals surface area contributed by atoms with E-state index in [-0.39, 0.29) is 0 Å². The van der Waals surface area contributed by atoms with Crippen LogP contribution in [0.5, 0.6) is 0 Å². The number of hydrogen-bond donors (Lipinski definition) is 1. The number of nitrogens with zero attached hydrogens (tertiary/aromatic N) is 1. The third kappa shape index (κ3) is 4.32. The lowest BCUT2D eigenvalue weighted by Crippen LogP contribution is -2.30. The van der Waals surface area contributed by atoms with Gasteiger partial charge in [-0.1, -0.05) is 0 Å². The topological polar surface area (TPSA) is 47.7 Å². The minimum Gasteiger partial charge on any atom is -0.442 e. The molecule has 0 aromatic heterocycles. The Balaban J connectivity index is 2.75. The molecule has 4 nitrogen and oxygen atoms in total. The molecule has 0 unspecified atom stereocenters. The number of benzene rings is 1. The van der Waals surface area contributed by atoms with Crippen molar-refractivity contribution in [1.29, 1.82) is 0 Å². The summed E-state index contributed by atoms with van der Waals surface area (Å²) in [6.45, 7) is 5.12. The van der Waals surface area contributed by atoms with Crippen LogP contribution in [-0.2, 0) is 9.31 Å². The van der Waals surface area contributed by atoms with Crippen molar-refractivity contribution < 1.29 is 9.31 Å². The molecule has 0 saturated carbocycles. The second kappa shape index (κ2) is 7.25. The maximum Gasteiger partial charge on any atom is 0.257 e. The zero-order valence-corrected chi connectivity index (χ0v) is 10.9. The lowest BCUT2D eigenvalue weighted by Gasteiger charge is -2.25. The van der Waals surface area contributed by atoms with Crippen molar-refractivity contribution in [3.05, 3.63) is 23.8 Å². The van der Waals surface area contributed by atoms with Crippen molar-refractivity contribution in [2.75, 3.05) is 36.9 Å². The highest BCUT2D eigenvalue weighted by Crippen LogP contribution is 2.20. The van der Waals surface area contributed by atoms with Gasteiger partial charge < -0.3 is 19.9 Å². The van der Waals surface area contributed by atoms with E-state index in [4.69, 9.17) is 15.0 Å². The van der Waals surface area contributed by atoms with E-state index < -0.39 is 0 Å². The third-order valence-corrected chi connectivity index (χ3v) is 2.75. The van der Waals surface area contributed by atoms with E-state index in [0.717, 1.165) is 30.0 Å². The molecule has 1 aromatic rings. The van der Waals surface area contributed by atoms with E-state index in [2.05, 4.69) is 11.0 Å². The van der Waals surface area contributed by atoms with Crippen molar-refractivity contribution in [3.63, 3.8) is 0 Å². The van der Waals surface area contributed by atoms with Gasteiger partial charge in [-0.05, 0) is 30.7 Å². The predicted octanol–water partition coefficient (Wildman–Crippen LogP) is -0.487. The summed E-state index contributed by atoms with van der Waals surface area (Å²) in [5.74, 6) is 0. The monoisotopic (exact) mass is 234 g/mol. The number of nitrogens with two attached hydrogens (primary N) is 1. The quantitative estimate of drug-likeness (QED) is 0.511. The number of hydrogen-bond acceptors (Lipinski definition) is 4. The van der Waals surface area contributed by atoms with Crippen LogP contribution < -0.4 is 10.6 Å². The molecule has 92 valence electrons. The maximum atomic E-state index is 5.82. The van der Waals surface area contributed by atoms with Crippen LogP contribution in [0, 0.1) is 6.92 Å². The minimum atomic E-state index is 0.702. The summed E-state index contributed by atoms with van der Waals surface area (Å²) in [7, 11) is 3.42. The largest absolute Gasteiger partial charge is 0.442 e. The Bertz CT molecular complexity index is 342. The van der Waals surface area contributed by atoms with Crippen LogP contribution in [0.4, 0.5) is 11.4 Å². The molecule has 2 N–H and O–H groups in total. The van der Waals surface area contributed by atoms with Gasteiger partial charge in [-0.25, -0.2) is 0 Å². The number of rotatable bonds is 7. The summed E-state index contributed by atoms with van der Waals surface area (Å²) in [6.07, 6.45) is 0. The summed E-state index contributed by atoms with van der Waals surface area (Å²) in [4.78, 5) is 2.24. The molecule has 17 heavy (non-hydrogen) atoms. The molecule has 0 saturated heterocycles. The molecule has 0 bridgehead atoms. The van der Waals surface area contributed by atoms with Crippen LogP contribution in [0.25, 0.3) is 0 Å². The molecular weight excluding hydrogens is 214 g/mol. The van der Waals surface area contributed by atoms with Gasteiger partial charge in [0.05, 0.1) is 0 Å². The van der Waals surface area contributed by atoms with E-state index in [9.17, 15) is 0 Å². The van der Waals surface area contributed by atoms with Gasteiger partial charge in [0, 0.05) is 37.7 Å². The van der Waals surface area contributed by atoms with E-state index in [1.165, 1.54) is 0 Å². The highest BCUT2D eigenvalue weighted by Gasteiger charge is 2.06. The zero-order valence-electron chi connectivity index (χ0n) is 10.9. The lowest BCUT2D eigenvalue weighted by molar-refractivity contribution is 0.332. The molecule has 0 radical (unpaired) electrons.